The SMILES string of the molecule is Cc1ccc(NC(=O)CSCC(=O)N(Cc2csc(C)n2)c2ccc(F)cc2)cc1. The van der Waals surface area contributed by atoms with Crippen LogP contribution in [0.4, 0.5) is 15.8 Å². The van der Waals surface area contributed by atoms with Gasteiger partial charge in [-0.3, -0.25) is 9.59 Å². The summed E-state index contributed by atoms with van der Waals surface area (Å²) in [5, 5.41) is 5.64. The fraction of sp³-hybridized carbons (Fsp3) is 0.227. The highest BCUT2D eigenvalue weighted by Crippen LogP contribution is 2.21. The molecule has 3 aromatic rings. The number of amides is 2. The Bertz CT molecular complexity index is 1000. The van der Waals surface area contributed by atoms with E-state index in [0.717, 1.165) is 22.0 Å². The Balaban J connectivity index is 1.59. The quantitative estimate of drug-likeness (QED) is 0.543. The van der Waals surface area contributed by atoms with Gasteiger partial charge in [-0.2, -0.15) is 0 Å². The summed E-state index contributed by atoms with van der Waals surface area (Å²) in [5.41, 5.74) is 3.21. The third-order valence-electron chi connectivity index (χ3n) is 4.22. The van der Waals surface area contributed by atoms with Crippen LogP contribution in [0.5, 0.6) is 0 Å². The maximum absolute atomic E-state index is 13.3. The average Bonchev–Trinajstić information content (AvgIpc) is 3.13. The summed E-state index contributed by atoms with van der Waals surface area (Å²) in [5.74, 6) is -0.410. The molecular weight excluding hydrogens is 421 g/mol. The van der Waals surface area contributed by atoms with Gasteiger partial charge in [0.15, 0.2) is 0 Å². The lowest BCUT2D eigenvalue weighted by Gasteiger charge is -2.22. The van der Waals surface area contributed by atoms with Crippen molar-refractivity contribution in [2.24, 2.45) is 0 Å². The standard InChI is InChI=1S/C22H22FN3O2S2/c1-15-3-7-18(8-4-15)25-21(27)13-29-14-22(28)26(11-19-12-30-16(2)24-19)20-9-5-17(23)6-10-20/h3-10,12H,11,13-14H2,1-2H3,(H,25,27). The van der Waals surface area contributed by atoms with E-state index >= 15 is 0 Å². The third kappa shape index (κ3) is 6.40. The van der Waals surface area contributed by atoms with Gasteiger partial charge in [0.05, 0.1) is 28.8 Å². The maximum atomic E-state index is 13.3. The molecule has 2 amide bonds. The van der Waals surface area contributed by atoms with Crippen LogP contribution in [-0.4, -0.2) is 28.3 Å². The smallest absolute Gasteiger partial charge is 0.237 e. The summed E-state index contributed by atoms with van der Waals surface area (Å²) in [4.78, 5) is 31.0. The van der Waals surface area contributed by atoms with Gasteiger partial charge in [0.25, 0.3) is 0 Å². The summed E-state index contributed by atoms with van der Waals surface area (Å²) >= 11 is 2.75. The second-order valence-electron chi connectivity index (χ2n) is 6.72. The van der Waals surface area contributed by atoms with E-state index in [1.807, 2.05) is 43.5 Å². The fourth-order valence-corrected chi connectivity index (χ4v) is 4.02. The Kier molecular flexibility index (Phi) is 7.59. The molecule has 1 N–H and O–H groups in total. The number of aromatic nitrogens is 1. The van der Waals surface area contributed by atoms with Crippen LogP contribution in [0.1, 0.15) is 16.3 Å². The maximum Gasteiger partial charge on any atom is 0.237 e. The molecule has 0 saturated carbocycles. The van der Waals surface area contributed by atoms with Crippen LogP contribution in [0, 0.1) is 19.7 Å². The predicted molar refractivity (Wildman–Crippen MR) is 122 cm³/mol. The topological polar surface area (TPSA) is 62.3 Å². The number of anilines is 2. The Morgan fingerprint density at radius 1 is 1.07 bits per heavy atom. The minimum atomic E-state index is -0.363. The third-order valence-corrected chi connectivity index (χ3v) is 5.96. The number of thioether (sulfide) groups is 1. The Morgan fingerprint density at radius 2 is 1.77 bits per heavy atom. The van der Waals surface area contributed by atoms with Crippen LogP contribution in [0.25, 0.3) is 0 Å². The van der Waals surface area contributed by atoms with Crippen molar-refractivity contribution in [3.05, 3.63) is 76.0 Å². The van der Waals surface area contributed by atoms with Gasteiger partial charge >= 0.3 is 0 Å². The second kappa shape index (κ2) is 10.4. The zero-order valence-electron chi connectivity index (χ0n) is 16.7. The zero-order chi connectivity index (χ0) is 21.5. The molecule has 0 aliphatic rings. The van der Waals surface area contributed by atoms with E-state index in [-0.39, 0.29) is 29.1 Å². The molecule has 156 valence electrons. The van der Waals surface area contributed by atoms with Crippen LogP contribution in [0.3, 0.4) is 0 Å². The van der Waals surface area contributed by atoms with Crippen LogP contribution in [0.2, 0.25) is 0 Å². The molecule has 30 heavy (non-hydrogen) atoms. The molecule has 0 aliphatic carbocycles. The molecule has 0 unspecified atom stereocenters. The van der Waals surface area contributed by atoms with Gasteiger partial charge in [-0.25, -0.2) is 9.37 Å². The lowest BCUT2D eigenvalue weighted by atomic mass is 10.2. The number of carbonyl (C=O) groups excluding carboxylic acids is 2. The molecule has 0 saturated heterocycles. The van der Waals surface area contributed by atoms with Crippen molar-refractivity contribution in [1.82, 2.24) is 4.98 Å². The van der Waals surface area contributed by atoms with Crippen molar-refractivity contribution < 1.29 is 14.0 Å². The van der Waals surface area contributed by atoms with Crippen LogP contribution < -0.4 is 10.2 Å². The molecule has 2 aromatic carbocycles. The summed E-state index contributed by atoms with van der Waals surface area (Å²) in [6.07, 6.45) is 0. The van der Waals surface area contributed by atoms with Gasteiger partial charge in [0, 0.05) is 16.8 Å². The highest BCUT2D eigenvalue weighted by molar-refractivity contribution is 8.00. The first-order valence-corrected chi connectivity index (χ1v) is 11.4. The first kappa shape index (κ1) is 22.0. The van der Waals surface area contributed by atoms with Crippen molar-refractivity contribution in [3.8, 4) is 0 Å². The van der Waals surface area contributed by atoms with Crippen LogP contribution in [-0.2, 0) is 16.1 Å². The van der Waals surface area contributed by atoms with Gasteiger partial charge in [-0.1, -0.05) is 17.7 Å². The molecule has 0 bridgehead atoms. The number of nitrogens with zero attached hydrogens (tertiary/aromatic N) is 2. The van der Waals surface area contributed by atoms with Gasteiger partial charge in [0.1, 0.15) is 5.82 Å². The molecule has 3 rings (SSSR count). The number of aryl methyl sites for hydroxylation is 2. The molecule has 0 aliphatic heterocycles. The summed E-state index contributed by atoms with van der Waals surface area (Å²) in [6, 6.07) is 13.3. The fourth-order valence-electron chi connectivity index (χ4n) is 2.73. The van der Waals surface area contributed by atoms with E-state index in [4.69, 9.17) is 0 Å². The number of carbonyl (C=O) groups is 2. The molecule has 0 spiro atoms. The molecule has 1 heterocycles. The monoisotopic (exact) mass is 443 g/mol. The van der Waals surface area contributed by atoms with E-state index in [1.165, 1.54) is 35.2 Å². The highest BCUT2D eigenvalue weighted by atomic mass is 32.2. The minimum absolute atomic E-state index is 0.127. The molecule has 0 fully saturated rings. The van der Waals surface area contributed by atoms with Crippen LogP contribution in [0.15, 0.2) is 53.9 Å². The summed E-state index contributed by atoms with van der Waals surface area (Å²) in [6.45, 7) is 4.18. The lowest BCUT2D eigenvalue weighted by Crippen LogP contribution is -2.32. The highest BCUT2D eigenvalue weighted by Gasteiger charge is 2.18. The number of rotatable bonds is 8. The Hall–Kier alpha value is -2.71. The number of hydrogen-bond acceptors (Lipinski definition) is 5. The largest absolute Gasteiger partial charge is 0.325 e. The van der Waals surface area contributed by atoms with Gasteiger partial charge < -0.3 is 10.2 Å². The number of nitrogens with one attached hydrogen (secondary N) is 1. The van der Waals surface area contributed by atoms with Crippen molar-refractivity contribution in [3.63, 3.8) is 0 Å². The molecule has 8 heteroatoms. The van der Waals surface area contributed by atoms with Crippen molar-refractivity contribution in [2.45, 2.75) is 20.4 Å². The van der Waals surface area contributed by atoms with E-state index in [0.29, 0.717) is 12.2 Å². The van der Waals surface area contributed by atoms with E-state index in [1.54, 1.807) is 17.0 Å². The van der Waals surface area contributed by atoms with Gasteiger partial charge in [-0.15, -0.1) is 23.1 Å². The summed E-state index contributed by atoms with van der Waals surface area (Å²) in [7, 11) is 0. The van der Waals surface area contributed by atoms with Crippen molar-refractivity contribution in [2.75, 3.05) is 21.7 Å². The minimum Gasteiger partial charge on any atom is -0.325 e. The number of halogens is 1. The normalized spacial score (nSPS) is 10.6. The lowest BCUT2D eigenvalue weighted by molar-refractivity contribution is -0.116. The van der Waals surface area contributed by atoms with Crippen LogP contribution >= 0.6 is 23.1 Å². The molecule has 1 aromatic heterocycles. The second-order valence-corrected chi connectivity index (χ2v) is 8.77. The Labute approximate surface area is 183 Å². The van der Waals surface area contributed by atoms with Crippen molar-refractivity contribution >= 4 is 46.3 Å². The first-order valence-electron chi connectivity index (χ1n) is 9.32. The first-order chi connectivity index (χ1) is 14.4. The van der Waals surface area contributed by atoms with Gasteiger partial charge in [-0.05, 0) is 50.2 Å². The van der Waals surface area contributed by atoms with Crippen molar-refractivity contribution in [1.29, 1.82) is 0 Å². The Morgan fingerprint density at radius 3 is 2.40 bits per heavy atom. The van der Waals surface area contributed by atoms with E-state index in [9.17, 15) is 14.0 Å². The summed E-state index contributed by atoms with van der Waals surface area (Å²) < 4.78 is 13.3. The van der Waals surface area contributed by atoms with E-state index < -0.39 is 0 Å². The molecule has 0 radical (unpaired) electrons. The number of thiazole rings is 1. The number of benzene rings is 2. The average molecular weight is 444 g/mol. The van der Waals surface area contributed by atoms with E-state index in [2.05, 4.69) is 10.3 Å². The van der Waals surface area contributed by atoms with Gasteiger partial charge in [0.2, 0.25) is 11.8 Å². The predicted octanol–water partition coefficient (Wildman–Crippen LogP) is 4.80. The zero-order valence-corrected chi connectivity index (χ0v) is 18.4. The molecular formula is C22H22FN3O2S2. The number of hydrogen-bond donors (Lipinski definition) is 1. The molecule has 5 nitrogen and oxygen atoms in total. The molecule has 0 atom stereocenters.